The zero-order valence-electron chi connectivity index (χ0n) is 11.3. The number of ether oxygens (including phenoxy) is 3. The molecule has 106 valence electrons. The second-order valence-electron chi connectivity index (χ2n) is 4.19. The van der Waals surface area contributed by atoms with Crippen molar-refractivity contribution < 1.29 is 24.1 Å². The molecule has 0 aliphatic rings. The van der Waals surface area contributed by atoms with E-state index in [1.165, 1.54) is 0 Å². The number of carbonyl (C=O) groups is 1. The number of aryl methyl sites for hydroxylation is 1. The number of aldehydes is 1. The highest BCUT2D eigenvalue weighted by Crippen LogP contribution is 2.18. The van der Waals surface area contributed by atoms with E-state index in [2.05, 4.69) is 0 Å². The molecule has 0 heterocycles. The smallest absolute Gasteiger partial charge is 0.153 e. The largest absolute Gasteiger partial charge is 0.490 e. The lowest BCUT2D eigenvalue weighted by molar-refractivity contribution is -0.00426. The van der Waals surface area contributed by atoms with Gasteiger partial charge in [0, 0.05) is 7.11 Å². The van der Waals surface area contributed by atoms with Gasteiger partial charge >= 0.3 is 0 Å². The Kier molecular flexibility index (Phi) is 7.10. The molecule has 0 aliphatic carbocycles. The summed E-state index contributed by atoms with van der Waals surface area (Å²) in [6.07, 6.45) is 0.00161. The molecule has 5 heteroatoms. The van der Waals surface area contributed by atoms with Crippen LogP contribution in [0.4, 0.5) is 0 Å². The lowest BCUT2D eigenvalue weighted by Crippen LogP contribution is -2.24. The highest BCUT2D eigenvalue weighted by Gasteiger charge is 2.08. The van der Waals surface area contributed by atoms with E-state index < -0.39 is 6.10 Å². The minimum absolute atomic E-state index is 0.0802. The fourth-order valence-electron chi connectivity index (χ4n) is 1.49. The first-order chi connectivity index (χ1) is 9.17. The van der Waals surface area contributed by atoms with Crippen LogP contribution in [0.1, 0.15) is 15.9 Å². The lowest BCUT2D eigenvalue weighted by atomic mass is 10.1. The van der Waals surface area contributed by atoms with E-state index in [0.717, 1.165) is 11.8 Å². The lowest BCUT2D eigenvalue weighted by Gasteiger charge is -2.14. The summed E-state index contributed by atoms with van der Waals surface area (Å²) >= 11 is 0. The number of carbonyl (C=O) groups excluding carboxylic acids is 1. The van der Waals surface area contributed by atoms with Gasteiger partial charge in [-0.25, -0.2) is 0 Å². The Balaban J connectivity index is 2.37. The molecule has 0 saturated heterocycles. The first-order valence-corrected chi connectivity index (χ1v) is 6.10. The Bertz CT molecular complexity index is 391. The minimum atomic E-state index is -0.738. The van der Waals surface area contributed by atoms with Crippen LogP contribution >= 0.6 is 0 Å². The van der Waals surface area contributed by atoms with Gasteiger partial charge in [-0.2, -0.15) is 0 Å². The summed E-state index contributed by atoms with van der Waals surface area (Å²) < 4.78 is 15.4. The van der Waals surface area contributed by atoms with Crippen molar-refractivity contribution in [1.82, 2.24) is 0 Å². The molecule has 0 spiro atoms. The molecular weight excluding hydrogens is 248 g/mol. The first-order valence-electron chi connectivity index (χ1n) is 6.10. The summed E-state index contributed by atoms with van der Waals surface area (Å²) in [7, 11) is 1.58. The fourth-order valence-corrected chi connectivity index (χ4v) is 1.49. The highest BCUT2D eigenvalue weighted by atomic mass is 16.5. The van der Waals surface area contributed by atoms with Crippen LogP contribution in [-0.2, 0) is 9.47 Å². The number of rotatable bonds is 9. The molecule has 1 rings (SSSR count). The van der Waals surface area contributed by atoms with Crippen molar-refractivity contribution in [2.45, 2.75) is 13.0 Å². The third kappa shape index (κ3) is 5.83. The van der Waals surface area contributed by atoms with Crippen LogP contribution in [0, 0.1) is 6.92 Å². The van der Waals surface area contributed by atoms with Crippen molar-refractivity contribution in [2.75, 3.05) is 33.5 Å². The number of hydrogen-bond acceptors (Lipinski definition) is 5. The maximum absolute atomic E-state index is 10.9. The van der Waals surface area contributed by atoms with Gasteiger partial charge in [-0.3, -0.25) is 4.79 Å². The van der Waals surface area contributed by atoms with Crippen LogP contribution in [-0.4, -0.2) is 51.0 Å². The third-order valence-electron chi connectivity index (χ3n) is 2.47. The van der Waals surface area contributed by atoms with E-state index >= 15 is 0 Å². The van der Waals surface area contributed by atoms with Crippen molar-refractivity contribution in [3.8, 4) is 5.75 Å². The quantitative estimate of drug-likeness (QED) is 0.538. The summed E-state index contributed by atoms with van der Waals surface area (Å²) in [5.41, 5.74) is 1.46. The summed E-state index contributed by atoms with van der Waals surface area (Å²) in [5, 5.41) is 9.65. The van der Waals surface area contributed by atoms with Gasteiger partial charge in [-0.1, -0.05) is 11.6 Å². The maximum atomic E-state index is 10.9. The second kappa shape index (κ2) is 8.63. The average molecular weight is 268 g/mol. The predicted octanol–water partition coefficient (Wildman–Crippen LogP) is 1.21. The van der Waals surface area contributed by atoms with Gasteiger partial charge in [0.15, 0.2) is 6.29 Å². The molecule has 0 amide bonds. The SMILES string of the molecule is COCCOCC(O)COc1ccc(C)cc1C=O. The van der Waals surface area contributed by atoms with Crippen LogP contribution in [0.2, 0.25) is 0 Å². The molecule has 5 nitrogen and oxygen atoms in total. The molecule has 0 radical (unpaired) electrons. The standard InChI is InChI=1S/C14H20O5/c1-11-3-4-14(12(7-11)8-15)19-10-13(16)9-18-6-5-17-2/h3-4,7-8,13,16H,5-6,9-10H2,1-2H3. The first kappa shape index (κ1) is 15.6. The molecule has 0 aliphatic heterocycles. The van der Waals surface area contributed by atoms with Crippen molar-refractivity contribution in [2.24, 2.45) is 0 Å². The summed E-state index contributed by atoms with van der Waals surface area (Å²) in [5.74, 6) is 0.469. The molecule has 0 aromatic heterocycles. The number of hydrogen-bond donors (Lipinski definition) is 1. The number of benzene rings is 1. The van der Waals surface area contributed by atoms with E-state index in [1.54, 1.807) is 19.2 Å². The van der Waals surface area contributed by atoms with Crippen LogP contribution in [0.3, 0.4) is 0 Å². The molecule has 1 atom stereocenters. The van der Waals surface area contributed by atoms with Crippen LogP contribution in [0.5, 0.6) is 5.75 Å². The van der Waals surface area contributed by atoms with Crippen molar-refractivity contribution >= 4 is 6.29 Å². The normalized spacial score (nSPS) is 12.2. The van der Waals surface area contributed by atoms with E-state index in [4.69, 9.17) is 14.2 Å². The molecule has 1 unspecified atom stereocenters. The Morgan fingerprint density at radius 3 is 2.79 bits per heavy atom. The molecule has 19 heavy (non-hydrogen) atoms. The highest BCUT2D eigenvalue weighted by molar-refractivity contribution is 5.79. The van der Waals surface area contributed by atoms with Gasteiger partial charge in [0.25, 0.3) is 0 Å². The van der Waals surface area contributed by atoms with Gasteiger partial charge in [0.1, 0.15) is 18.5 Å². The predicted molar refractivity (Wildman–Crippen MR) is 70.8 cm³/mol. The number of aliphatic hydroxyl groups excluding tert-OH is 1. The van der Waals surface area contributed by atoms with E-state index in [0.29, 0.717) is 24.5 Å². The van der Waals surface area contributed by atoms with Gasteiger partial charge < -0.3 is 19.3 Å². The monoisotopic (exact) mass is 268 g/mol. The van der Waals surface area contributed by atoms with E-state index in [1.807, 2.05) is 13.0 Å². The Hall–Kier alpha value is -1.43. The van der Waals surface area contributed by atoms with Gasteiger partial charge in [-0.15, -0.1) is 0 Å². The van der Waals surface area contributed by atoms with Gasteiger partial charge in [-0.05, 0) is 19.1 Å². The maximum Gasteiger partial charge on any atom is 0.153 e. The van der Waals surface area contributed by atoms with Crippen LogP contribution < -0.4 is 4.74 Å². The minimum Gasteiger partial charge on any atom is -0.490 e. The zero-order valence-corrected chi connectivity index (χ0v) is 11.3. The Labute approximate surface area is 113 Å². The number of methoxy groups -OCH3 is 1. The average Bonchev–Trinajstić information content (AvgIpc) is 2.42. The van der Waals surface area contributed by atoms with Crippen molar-refractivity contribution in [3.63, 3.8) is 0 Å². The van der Waals surface area contributed by atoms with E-state index in [9.17, 15) is 9.90 Å². The molecule has 0 fully saturated rings. The molecule has 0 bridgehead atoms. The molecule has 1 N–H and O–H groups in total. The molecule has 1 aromatic rings. The van der Waals surface area contributed by atoms with Crippen LogP contribution in [0.25, 0.3) is 0 Å². The van der Waals surface area contributed by atoms with Crippen LogP contribution in [0.15, 0.2) is 18.2 Å². The molecule has 1 aromatic carbocycles. The Morgan fingerprint density at radius 2 is 2.11 bits per heavy atom. The molecule has 0 saturated carbocycles. The summed E-state index contributed by atoms with van der Waals surface area (Å²) in [4.78, 5) is 10.9. The van der Waals surface area contributed by atoms with Gasteiger partial charge in [0.05, 0.1) is 25.4 Å². The summed E-state index contributed by atoms with van der Waals surface area (Å²) in [6, 6.07) is 5.31. The van der Waals surface area contributed by atoms with E-state index in [-0.39, 0.29) is 13.2 Å². The Morgan fingerprint density at radius 1 is 1.32 bits per heavy atom. The van der Waals surface area contributed by atoms with Crippen molar-refractivity contribution in [3.05, 3.63) is 29.3 Å². The zero-order chi connectivity index (χ0) is 14.1. The van der Waals surface area contributed by atoms with Gasteiger partial charge in [0.2, 0.25) is 0 Å². The molecular formula is C14H20O5. The fraction of sp³-hybridized carbons (Fsp3) is 0.500. The number of aliphatic hydroxyl groups is 1. The van der Waals surface area contributed by atoms with Crippen molar-refractivity contribution in [1.29, 1.82) is 0 Å². The second-order valence-corrected chi connectivity index (χ2v) is 4.19. The third-order valence-corrected chi connectivity index (χ3v) is 2.47. The summed E-state index contributed by atoms with van der Waals surface area (Å²) in [6.45, 7) is 3.07. The topological polar surface area (TPSA) is 65.0 Å².